The van der Waals surface area contributed by atoms with E-state index in [2.05, 4.69) is 38.0 Å². The molecule has 144 valence electrons. The molecule has 0 unspecified atom stereocenters. The molecule has 0 aliphatic carbocycles. The zero-order valence-corrected chi connectivity index (χ0v) is 18.2. The van der Waals surface area contributed by atoms with Gasteiger partial charge >= 0.3 is 0 Å². The summed E-state index contributed by atoms with van der Waals surface area (Å²) in [5, 5.41) is 12.2. The molecular formula is C21H21BrN4OS. The number of aryl methyl sites for hydroxylation is 2. The van der Waals surface area contributed by atoms with E-state index >= 15 is 0 Å². The van der Waals surface area contributed by atoms with Crippen LogP contribution in [0.3, 0.4) is 0 Å². The molecule has 5 nitrogen and oxygen atoms in total. The first-order valence-corrected chi connectivity index (χ1v) is 10.6. The van der Waals surface area contributed by atoms with Crippen molar-refractivity contribution in [3.63, 3.8) is 0 Å². The molecule has 3 aromatic rings. The van der Waals surface area contributed by atoms with Gasteiger partial charge in [0.05, 0.1) is 5.75 Å². The molecule has 0 aliphatic rings. The quantitative estimate of drug-likeness (QED) is 0.389. The number of rotatable bonds is 7. The number of nitrogens with zero attached hydrogens (tertiary/aromatic N) is 3. The van der Waals surface area contributed by atoms with Gasteiger partial charge in [0, 0.05) is 22.3 Å². The Labute approximate surface area is 177 Å². The zero-order valence-electron chi connectivity index (χ0n) is 15.8. The summed E-state index contributed by atoms with van der Waals surface area (Å²) in [6, 6.07) is 13.9. The lowest BCUT2D eigenvalue weighted by Gasteiger charge is -2.10. The number of anilines is 1. The van der Waals surface area contributed by atoms with Crippen molar-refractivity contribution in [2.45, 2.75) is 25.5 Å². The number of hydrogen-bond acceptors (Lipinski definition) is 4. The van der Waals surface area contributed by atoms with Crippen LogP contribution in [0.2, 0.25) is 0 Å². The first-order valence-electron chi connectivity index (χ1n) is 8.78. The fraction of sp³-hybridized carbons (Fsp3) is 0.190. The minimum atomic E-state index is -0.0829. The summed E-state index contributed by atoms with van der Waals surface area (Å²) < 4.78 is 2.96. The fourth-order valence-corrected chi connectivity index (χ4v) is 3.91. The molecular weight excluding hydrogens is 436 g/mol. The Kier molecular flexibility index (Phi) is 6.70. The van der Waals surface area contributed by atoms with E-state index in [1.807, 2.05) is 60.9 Å². The second-order valence-corrected chi connectivity index (χ2v) is 8.23. The summed E-state index contributed by atoms with van der Waals surface area (Å²) in [5.74, 6) is 0.936. The monoisotopic (exact) mass is 456 g/mol. The van der Waals surface area contributed by atoms with E-state index in [1.54, 1.807) is 6.08 Å². The Hall–Kier alpha value is -2.38. The minimum Gasteiger partial charge on any atom is -0.325 e. The summed E-state index contributed by atoms with van der Waals surface area (Å²) >= 11 is 4.79. The molecule has 3 rings (SSSR count). The number of allylic oxidation sites excluding steroid dienone is 1. The third-order valence-electron chi connectivity index (χ3n) is 4.13. The van der Waals surface area contributed by atoms with Crippen LogP contribution in [-0.4, -0.2) is 26.4 Å². The van der Waals surface area contributed by atoms with E-state index in [0.717, 1.165) is 27.1 Å². The maximum Gasteiger partial charge on any atom is 0.234 e. The Morgan fingerprint density at radius 2 is 1.96 bits per heavy atom. The third-order valence-corrected chi connectivity index (χ3v) is 5.59. The number of nitrogens with one attached hydrogen (secondary N) is 1. The molecule has 0 aliphatic heterocycles. The highest BCUT2D eigenvalue weighted by atomic mass is 79.9. The average Bonchev–Trinajstić information content (AvgIpc) is 3.06. The van der Waals surface area contributed by atoms with Gasteiger partial charge in [0.15, 0.2) is 11.0 Å². The number of benzene rings is 2. The molecule has 28 heavy (non-hydrogen) atoms. The van der Waals surface area contributed by atoms with E-state index in [0.29, 0.717) is 11.7 Å². The highest BCUT2D eigenvalue weighted by molar-refractivity contribution is 9.10. The van der Waals surface area contributed by atoms with E-state index in [4.69, 9.17) is 0 Å². The van der Waals surface area contributed by atoms with Crippen LogP contribution in [0.1, 0.15) is 11.1 Å². The molecule has 1 N–H and O–H groups in total. The van der Waals surface area contributed by atoms with Crippen LogP contribution in [0.5, 0.6) is 0 Å². The van der Waals surface area contributed by atoms with Gasteiger partial charge in [-0.2, -0.15) is 0 Å². The molecule has 2 aromatic carbocycles. The lowest BCUT2D eigenvalue weighted by molar-refractivity contribution is -0.113. The van der Waals surface area contributed by atoms with E-state index < -0.39 is 0 Å². The lowest BCUT2D eigenvalue weighted by Crippen LogP contribution is -2.15. The Morgan fingerprint density at radius 3 is 2.64 bits per heavy atom. The van der Waals surface area contributed by atoms with Crippen molar-refractivity contribution >= 4 is 39.3 Å². The van der Waals surface area contributed by atoms with E-state index in [9.17, 15) is 4.79 Å². The van der Waals surface area contributed by atoms with Gasteiger partial charge in [-0.05, 0) is 37.6 Å². The van der Waals surface area contributed by atoms with E-state index in [-0.39, 0.29) is 11.7 Å². The van der Waals surface area contributed by atoms with Crippen molar-refractivity contribution in [2.24, 2.45) is 0 Å². The number of carbonyl (C=O) groups is 1. The van der Waals surface area contributed by atoms with Crippen LogP contribution in [0, 0.1) is 13.8 Å². The molecule has 0 radical (unpaired) electrons. The second kappa shape index (κ2) is 9.21. The number of carbonyl (C=O) groups excluding carboxylic acids is 1. The molecule has 0 bridgehead atoms. The summed E-state index contributed by atoms with van der Waals surface area (Å²) in [6.07, 6.45) is 1.80. The van der Waals surface area contributed by atoms with E-state index in [1.165, 1.54) is 17.3 Å². The van der Waals surface area contributed by atoms with Crippen molar-refractivity contribution in [1.82, 2.24) is 14.8 Å². The Bertz CT molecular complexity index is 998. The third kappa shape index (κ3) is 4.91. The molecule has 0 spiro atoms. The van der Waals surface area contributed by atoms with Crippen LogP contribution >= 0.6 is 27.7 Å². The van der Waals surface area contributed by atoms with Gasteiger partial charge in [0.25, 0.3) is 0 Å². The van der Waals surface area contributed by atoms with Gasteiger partial charge in [-0.15, -0.1) is 16.8 Å². The number of halogens is 1. The van der Waals surface area contributed by atoms with Crippen molar-refractivity contribution < 1.29 is 4.79 Å². The summed E-state index contributed by atoms with van der Waals surface area (Å²) in [7, 11) is 0. The first-order chi connectivity index (χ1) is 13.5. The number of amides is 1. The summed E-state index contributed by atoms with van der Waals surface area (Å²) in [5.41, 5.74) is 3.99. The van der Waals surface area contributed by atoms with Crippen molar-refractivity contribution in [2.75, 3.05) is 11.1 Å². The molecule has 0 saturated carbocycles. The van der Waals surface area contributed by atoms with Crippen LogP contribution in [-0.2, 0) is 11.3 Å². The predicted molar refractivity (Wildman–Crippen MR) is 119 cm³/mol. The fourth-order valence-electron chi connectivity index (χ4n) is 2.69. The highest BCUT2D eigenvalue weighted by Gasteiger charge is 2.15. The maximum atomic E-state index is 12.4. The molecule has 1 aromatic heterocycles. The van der Waals surface area contributed by atoms with Crippen LogP contribution in [0.15, 0.2) is 64.7 Å². The summed E-state index contributed by atoms with van der Waals surface area (Å²) in [6.45, 7) is 8.41. The van der Waals surface area contributed by atoms with Gasteiger partial charge in [0.2, 0.25) is 5.91 Å². The SMILES string of the molecule is C=CCn1c(SCC(=O)Nc2ccc(Br)cc2C)nnc1-c1ccc(C)cc1. The zero-order chi connectivity index (χ0) is 20.1. The Balaban J connectivity index is 1.72. The minimum absolute atomic E-state index is 0.0829. The van der Waals surface area contributed by atoms with Gasteiger partial charge in [-0.1, -0.05) is 63.6 Å². The average molecular weight is 457 g/mol. The van der Waals surface area contributed by atoms with Crippen LogP contribution < -0.4 is 5.32 Å². The topological polar surface area (TPSA) is 59.8 Å². The second-order valence-electron chi connectivity index (χ2n) is 6.37. The number of thioether (sulfide) groups is 1. The molecule has 0 saturated heterocycles. The molecule has 1 amide bonds. The maximum absolute atomic E-state index is 12.4. The van der Waals surface area contributed by atoms with Crippen molar-refractivity contribution in [1.29, 1.82) is 0 Å². The van der Waals surface area contributed by atoms with Crippen LogP contribution in [0.4, 0.5) is 5.69 Å². The van der Waals surface area contributed by atoms with Gasteiger partial charge < -0.3 is 5.32 Å². The largest absolute Gasteiger partial charge is 0.325 e. The first kappa shape index (κ1) is 20.4. The molecule has 0 atom stereocenters. The highest BCUT2D eigenvalue weighted by Crippen LogP contribution is 2.25. The van der Waals surface area contributed by atoms with Crippen LogP contribution in [0.25, 0.3) is 11.4 Å². The van der Waals surface area contributed by atoms with Gasteiger partial charge in [0.1, 0.15) is 0 Å². The lowest BCUT2D eigenvalue weighted by atomic mass is 10.1. The van der Waals surface area contributed by atoms with Crippen molar-refractivity contribution in [3.05, 3.63) is 70.7 Å². The standard InChI is InChI=1S/C21H21BrN4OS/c1-4-11-26-20(16-7-5-14(2)6-8-16)24-25-21(26)28-13-19(27)23-18-10-9-17(22)12-15(18)3/h4-10,12H,1,11,13H2,2-3H3,(H,23,27). The molecule has 1 heterocycles. The Morgan fingerprint density at radius 1 is 1.21 bits per heavy atom. The number of aromatic nitrogens is 3. The predicted octanol–water partition coefficient (Wildman–Crippen LogP) is 5.24. The van der Waals surface area contributed by atoms with Gasteiger partial charge in [-0.25, -0.2) is 0 Å². The normalized spacial score (nSPS) is 10.7. The summed E-state index contributed by atoms with van der Waals surface area (Å²) in [4.78, 5) is 12.4. The smallest absolute Gasteiger partial charge is 0.234 e. The van der Waals surface area contributed by atoms with Gasteiger partial charge in [-0.3, -0.25) is 9.36 Å². The number of hydrogen-bond donors (Lipinski definition) is 1. The van der Waals surface area contributed by atoms with Crippen molar-refractivity contribution in [3.8, 4) is 11.4 Å². The molecule has 0 fully saturated rings. The molecule has 7 heteroatoms.